The first-order valence-electron chi connectivity index (χ1n) is 16.3. The number of fused-ring (bicyclic) bond motifs is 10. The van der Waals surface area contributed by atoms with Crippen molar-refractivity contribution in [2.75, 3.05) is 37.0 Å². The van der Waals surface area contributed by atoms with Crippen LogP contribution in [0.2, 0.25) is 0 Å². The SMILES string of the molecule is FC1CCN(Cc2nc3c4ccc5c(c4nc(NNc4nc6c7c(ccc6c6nc(CN8CC(F)(C(F)(F)F)C8)nn46)OC(F)(F)O7)n3n2)OC(F)(F)O5)C1. The van der Waals surface area contributed by atoms with Gasteiger partial charge in [0.15, 0.2) is 45.9 Å². The first-order valence-corrected chi connectivity index (χ1v) is 16.3. The lowest BCUT2D eigenvalue weighted by molar-refractivity contribution is -0.287. The lowest BCUT2D eigenvalue weighted by atomic mass is 9.96. The zero-order valence-corrected chi connectivity index (χ0v) is 27.3. The number of halogens is 9. The summed E-state index contributed by atoms with van der Waals surface area (Å²) in [7, 11) is 0. The van der Waals surface area contributed by atoms with E-state index >= 15 is 0 Å². The van der Waals surface area contributed by atoms with Crippen LogP contribution >= 0.6 is 0 Å². The molecule has 10 rings (SSSR count). The maximum atomic E-state index is 14.3. The molecule has 6 aromatic rings. The topological polar surface area (TPSA) is 154 Å². The van der Waals surface area contributed by atoms with Gasteiger partial charge in [-0.3, -0.25) is 20.7 Å². The molecule has 288 valence electrons. The van der Waals surface area contributed by atoms with E-state index in [0.717, 1.165) is 9.42 Å². The van der Waals surface area contributed by atoms with E-state index in [1.54, 1.807) is 4.90 Å². The number of nitrogens with zero attached hydrogens (tertiary/aromatic N) is 10. The number of nitrogens with one attached hydrogen (secondary N) is 2. The maximum Gasteiger partial charge on any atom is 0.586 e. The normalized spacial score (nSPS) is 21.3. The van der Waals surface area contributed by atoms with Gasteiger partial charge in [0, 0.05) is 37.0 Å². The minimum absolute atomic E-state index is 0.0317. The van der Waals surface area contributed by atoms with E-state index in [9.17, 15) is 39.5 Å². The second-order valence-electron chi connectivity index (χ2n) is 13.3. The van der Waals surface area contributed by atoms with Crippen molar-refractivity contribution in [1.82, 2.24) is 49.0 Å². The Morgan fingerprint density at radius 1 is 0.691 bits per heavy atom. The molecule has 0 saturated carbocycles. The average molecular weight is 785 g/mol. The molecule has 1 unspecified atom stereocenters. The molecule has 0 spiro atoms. The van der Waals surface area contributed by atoms with E-state index in [-0.39, 0.29) is 87.8 Å². The van der Waals surface area contributed by atoms with Crippen molar-refractivity contribution < 1.29 is 58.5 Å². The Kier molecular flexibility index (Phi) is 6.81. The Bertz CT molecular complexity index is 2580. The quantitative estimate of drug-likeness (QED) is 0.172. The van der Waals surface area contributed by atoms with Crippen LogP contribution in [0.15, 0.2) is 24.3 Å². The Balaban J connectivity index is 1.06. The van der Waals surface area contributed by atoms with E-state index in [1.165, 1.54) is 28.8 Å². The first kappa shape index (κ1) is 33.7. The number of aromatic nitrogens is 8. The lowest BCUT2D eigenvalue weighted by Crippen LogP contribution is -2.65. The standard InChI is InChI=1S/C30H21F9N12O4/c31-12-5-6-48(7-12)8-17-40-23-13-1-3-15-21(54-29(36,37)52-15)19(13)42-25(50(23)46-17)44-45-26-43-20-14(2-4-16-22(20)55-30(38,39)53-16)24-41-18(47-51(24)26)9-49-10-27(32,11-49)28(33,34)35/h1-4,12H,5-11H2,(H,42,44)(H,43,45). The molecule has 16 nitrogen and oxygen atoms in total. The molecule has 4 aliphatic rings. The van der Waals surface area contributed by atoms with Crippen molar-refractivity contribution in [1.29, 1.82) is 0 Å². The Morgan fingerprint density at radius 3 is 1.64 bits per heavy atom. The van der Waals surface area contributed by atoms with Crippen LogP contribution in [0.1, 0.15) is 18.1 Å². The number of likely N-dealkylation sites (tertiary alicyclic amines) is 2. The van der Waals surface area contributed by atoms with E-state index in [0.29, 0.717) is 13.0 Å². The van der Waals surface area contributed by atoms with Crippen LogP contribution in [0.5, 0.6) is 23.0 Å². The molecule has 8 heterocycles. The van der Waals surface area contributed by atoms with Crippen molar-refractivity contribution in [2.24, 2.45) is 0 Å². The highest BCUT2D eigenvalue weighted by molar-refractivity contribution is 5.99. The number of hydrogen-bond acceptors (Lipinski definition) is 14. The van der Waals surface area contributed by atoms with Crippen LogP contribution in [0.25, 0.3) is 33.1 Å². The summed E-state index contributed by atoms with van der Waals surface area (Å²) in [4.78, 5) is 20.7. The molecular weight excluding hydrogens is 763 g/mol. The number of hydrogen-bond donors (Lipinski definition) is 2. The fourth-order valence-electron chi connectivity index (χ4n) is 6.93. The molecule has 2 N–H and O–H groups in total. The largest absolute Gasteiger partial charge is 0.586 e. The average Bonchev–Trinajstić information content (AvgIpc) is 3.91. The number of anilines is 2. The molecule has 1 atom stereocenters. The van der Waals surface area contributed by atoms with Crippen LogP contribution in [-0.2, 0) is 13.1 Å². The fourth-order valence-corrected chi connectivity index (χ4v) is 6.93. The Hall–Kier alpha value is -5.85. The highest BCUT2D eigenvalue weighted by Crippen LogP contribution is 2.47. The van der Waals surface area contributed by atoms with Gasteiger partial charge in [-0.2, -0.15) is 22.2 Å². The summed E-state index contributed by atoms with van der Waals surface area (Å²) >= 11 is 0. The second-order valence-corrected chi connectivity index (χ2v) is 13.3. The molecule has 55 heavy (non-hydrogen) atoms. The number of alkyl halides is 9. The molecule has 2 saturated heterocycles. The summed E-state index contributed by atoms with van der Waals surface area (Å²) in [5.74, 6) is -1.90. The van der Waals surface area contributed by atoms with E-state index in [2.05, 4.69) is 50.5 Å². The van der Waals surface area contributed by atoms with Gasteiger partial charge in [-0.15, -0.1) is 27.8 Å². The third kappa shape index (κ3) is 5.45. The fraction of sp³-hybridized carbons (Fsp3) is 0.400. The number of benzene rings is 2. The molecular formula is C30H21F9N12O4. The molecule has 4 aromatic heterocycles. The third-order valence-electron chi connectivity index (χ3n) is 9.40. The molecule has 0 amide bonds. The van der Waals surface area contributed by atoms with Crippen molar-refractivity contribution in [3.8, 4) is 23.0 Å². The van der Waals surface area contributed by atoms with Gasteiger partial charge in [-0.05, 0) is 30.7 Å². The zero-order valence-electron chi connectivity index (χ0n) is 27.3. The summed E-state index contributed by atoms with van der Waals surface area (Å²) < 4.78 is 145. The van der Waals surface area contributed by atoms with Crippen LogP contribution in [0.4, 0.5) is 51.4 Å². The van der Waals surface area contributed by atoms with Crippen LogP contribution in [0, 0.1) is 0 Å². The number of ether oxygens (including phenoxy) is 4. The first-order chi connectivity index (χ1) is 26.0. The third-order valence-corrected chi connectivity index (χ3v) is 9.40. The van der Waals surface area contributed by atoms with Gasteiger partial charge in [-0.25, -0.2) is 28.7 Å². The maximum absolute atomic E-state index is 14.3. The molecule has 2 fully saturated rings. The monoisotopic (exact) mass is 784 g/mol. The highest BCUT2D eigenvalue weighted by atomic mass is 19.4. The Morgan fingerprint density at radius 2 is 1.18 bits per heavy atom. The van der Waals surface area contributed by atoms with Crippen molar-refractivity contribution >= 4 is 45.0 Å². The molecule has 0 aliphatic carbocycles. The minimum Gasteiger partial charge on any atom is -0.395 e. The van der Waals surface area contributed by atoms with Gasteiger partial charge in [0.25, 0.3) is 0 Å². The highest BCUT2D eigenvalue weighted by Gasteiger charge is 2.63. The van der Waals surface area contributed by atoms with Crippen LogP contribution < -0.4 is 29.8 Å². The number of hydrazine groups is 1. The lowest BCUT2D eigenvalue weighted by Gasteiger charge is -2.44. The predicted octanol–water partition coefficient (Wildman–Crippen LogP) is 4.58. The van der Waals surface area contributed by atoms with Crippen LogP contribution in [0.3, 0.4) is 0 Å². The van der Waals surface area contributed by atoms with Crippen molar-refractivity contribution in [2.45, 2.75) is 50.1 Å². The van der Waals surface area contributed by atoms with Crippen LogP contribution in [-0.4, -0.2) is 106 Å². The second kappa shape index (κ2) is 11.1. The molecule has 0 bridgehead atoms. The van der Waals surface area contributed by atoms with E-state index in [1.807, 2.05) is 0 Å². The Labute approximate surface area is 298 Å². The predicted molar refractivity (Wildman–Crippen MR) is 166 cm³/mol. The van der Waals surface area contributed by atoms with Crippen molar-refractivity contribution in [3.63, 3.8) is 0 Å². The summed E-state index contributed by atoms with van der Waals surface area (Å²) in [6.45, 7) is -1.53. The number of rotatable bonds is 7. The molecule has 25 heteroatoms. The van der Waals surface area contributed by atoms with Crippen molar-refractivity contribution in [3.05, 3.63) is 35.9 Å². The van der Waals surface area contributed by atoms with Gasteiger partial charge >= 0.3 is 18.8 Å². The minimum atomic E-state index is -5.08. The van der Waals surface area contributed by atoms with Gasteiger partial charge in [-0.1, -0.05) is 0 Å². The van der Waals surface area contributed by atoms with Gasteiger partial charge < -0.3 is 18.9 Å². The molecule has 4 aliphatic heterocycles. The van der Waals surface area contributed by atoms with Gasteiger partial charge in [0.05, 0.1) is 13.1 Å². The molecule has 2 aromatic carbocycles. The molecule has 0 radical (unpaired) electrons. The summed E-state index contributed by atoms with van der Waals surface area (Å²) in [6, 6.07) is 5.19. The zero-order chi connectivity index (χ0) is 38.2. The van der Waals surface area contributed by atoms with Gasteiger partial charge in [0.2, 0.25) is 17.6 Å². The van der Waals surface area contributed by atoms with E-state index in [4.69, 9.17) is 9.47 Å². The van der Waals surface area contributed by atoms with E-state index < -0.39 is 55.2 Å². The summed E-state index contributed by atoms with van der Waals surface area (Å²) in [6.07, 6.45) is -13.8. The van der Waals surface area contributed by atoms with Gasteiger partial charge in [0.1, 0.15) is 17.2 Å². The summed E-state index contributed by atoms with van der Waals surface area (Å²) in [5.41, 5.74) is 1.83. The smallest absolute Gasteiger partial charge is 0.395 e. The summed E-state index contributed by atoms with van der Waals surface area (Å²) in [5, 5.41) is 9.18.